The maximum Gasteiger partial charge on any atom is 0.416 e. The lowest BCUT2D eigenvalue weighted by molar-refractivity contribution is -0.137. The molecule has 4 aromatic rings. The number of anilines is 3. The Morgan fingerprint density at radius 1 is 1.16 bits per heavy atom. The zero-order valence-electron chi connectivity index (χ0n) is 16.2. The molecule has 0 aliphatic heterocycles. The first-order chi connectivity index (χ1) is 14.7. The van der Waals surface area contributed by atoms with Crippen molar-refractivity contribution in [3.8, 4) is 0 Å². The highest BCUT2D eigenvalue weighted by Crippen LogP contribution is 2.33. The van der Waals surface area contributed by atoms with Crippen molar-refractivity contribution in [2.45, 2.75) is 25.4 Å². The molecule has 0 saturated heterocycles. The molecule has 3 aromatic heterocycles. The van der Waals surface area contributed by atoms with Crippen molar-refractivity contribution in [3.63, 3.8) is 0 Å². The predicted octanol–water partition coefficient (Wildman–Crippen LogP) is 4.91. The maximum absolute atomic E-state index is 12.7. The Morgan fingerprint density at radius 2 is 1.90 bits per heavy atom. The van der Waals surface area contributed by atoms with E-state index in [9.17, 15) is 18.0 Å². The number of thiazole rings is 1. The van der Waals surface area contributed by atoms with Crippen LogP contribution < -0.4 is 11.1 Å². The second kappa shape index (κ2) is 7.99. The lowest BCUT2D eigenvalue weighted by Gasteiger charge is -2.08. The fraction of sp³-hybridized carbons (Fsp3) is 0.200. The van der Waals surface area contributed by atoms with Gasteiger partial charge in [-0.3, -0.25) is 9.20 Å². The first kappa shape index (κ1) is 20.8. The molecule has 0 aliphatic carbocycles. The summed E-state index contributed by atoms with van der Waals surface area (Å²) in [5.74, 6) is 0.0895. The van der Waals surface area contributed by atoms with E-state index < -0.39 is 11.7 Å². The van der Waals surface area contributed by atoms with E-state index in [0.29, 0.717) is 22.2 Å². The van der Waals surface area contributed by atoms with Crippen molar-refractivity contribution in [1.29, 1.82) is 0 Å². The molecule has 4 rings (SSSR count). The monoisotopic (exact) mass is 446 g/mol. The number of halogens is 3. The summed E-state index contributed by atoms with van der Waals surface area (Å²) in [4.78, 5) is 25.2. The van der Waals surface area contributed by atoms with E-state index in [1.807, 2.05) is 6.92 Å². The van der Waals surface area contributed by atoms with Crippen molar-refractivity contribution in [2.24, 2.45) is 0 Å². The molecule has 11 heteroatoms. The summed E-state index contributed by atoms with van der Waals surface area (Å²) in [6, 6.07) is 4.75. The number of alkyl halides is 3. The minimum absolute atomic E-state index is 0.157. The first-order valence-electron chi connectivity index (χ1n) is 9.22. The quantitative estimate of drug-likeness (QED) is 0.409. The lowest BCUT2D eigenvalue weighted by atomic mass is 10.0. The van der Waals surface area contributed by atoms with Gasteiger partial charge in [0.2, 0.25) is 0 Å². The van der Waals surface area contributed by atoms with E-state index in [4.69, 9.17) is 5.73 Å². The Kier molecular flexibility index (Phi) is 5.36. The van der Waals surface area contributed by atoms with Crippen LogP contribution in [0.2, 0.25) is 0 Å². The zero-order valence-corrected chi connectivity index (χ0v) is 17.0. The van der Waals surface area contributed by atoms with Gasteiger partial charge in [-0.2, -0.15) is 13.2 Å². The van der Waals surface area contributed by atoms with Gasteiger partial charge in [-0.15, -0.1) is 11.3 Å². The van der Waals surface area contributed by atoms with Crippen molar-refractivity contribution < 1.29 is 18.0 Å². The van der Waals surface area contributed by atoms with Gasteiger partial charge in [0.25, 0.3) is 0 Å². The number of nitrogens with two attached hydrogens (primary N) is 1. The molecule has 0 amide bonds. The van der Waals surface area contributed by atoms with Crippen LogP contribution >= 0.6 is 11.3 Å². The number of aromatic nitrogens is 4. The average molecular weight is 446 g/mol. The van der Waals surface area contributed by atoms with Gasteiger partial charge in [-0.25, -0.2) is 15.0 Å². The molecule has 0 radical (unpaired) electrons. The Balaban J connectivity index is 1.42. The highest BCUT2D eigenvalue weighted by Gasteiger charge is 2.30. The number of Topliss-reactive ketones (excluding diaryl/α,β-unsaturated/α-hetero) is 1. The van der Waals surface area contributed by atoms with Gasteiger partial charge in [0.05, 0.1) is 29.2 Å². The molecular formula is C20H17F3N6OS. The third-order valence-electron chi connectivity index (χ3n) is 4.63. The summed E-state index contributed by atoms with van der Waals surface area (Å²) in [5, 5.41) is 4.43. The minimum atomic E-state index is -4.37. The smallest absolute Gasteiger partial charge is 0.383 e. The van der Waals surface area contributed by atoms with Crippen molar-refractivity contribution in [2.75, 3.05) is 11.1 Å². The Labute approximate surface area is 178 Å². The van der Waals surface area contributed by atoms with E-state index in [0.717, 1.165) is 17.1 Å². The Morgan fingerprint density at radius 3 is 2.61 bits per heavy atom. The van der Waals surface area contributed by atoms with Crippen LogP contribution in [-0.2, 0) is 6.18 Å². The molecule has 1 unspecified atom stereocenters. The Hall–Kier alpha value is -3.47. The third-order valence-corrected chi connectivity index (χ3v) is 5.77. The highest BCUT2D eigenvalue weighted by molar-refractivity contribution is 7.15. The topological polar surface area (TPSA) is 98.2 Å². The number of imidazole rings is 1. The summed E-state index contributed by atoms with van der Waals surface area (Å²) in [6.45, 7) is 1.88. The van der Waals surface area contributed by atoms with Gasteiger partial charge in [0, 0.05) is 24.2 Å². The number of hydrogen-bond donors (Lipinski definition) is 2. The molecule has 31 heavy (non-hydrogen) atoms. The molecule has 0 fully saturated rings. The number of benzene rings is 1. The predicted molar refractivity (Wildman–Crippen MR) is 112 cm³/mol. The molecule has 1 aromatic carbocycles. The molecule has 7 nitrogen and oxygen atoms in total. The Bertz CT molecular complexity index is 1230. The fourth-order valence-electron chi connectivity index (χ4n) is 2.98. The van der Waals surface area contributed by atoms with Crippen LogP contribution in [0.4, 0.5) is 29.7 Å². The summed E-state index contributed by atoms with van der Waals surface area (Å²) < 4.78 is 39.6. The van der Waals surface area contributed by atoms with Crippen LogP contribution in [0.1, 0.15) is 40.3 Å². The summed E-state index contributed by atoms with van der Waals surface area (Å²) in [6.07, 6.45) is 1.96. The third kappa shape index (κ3) is 4.50. The number of hydrogen-bond acceptors (Lipinski definition) is 7. The normalized spacial score (nSPS) is 12.8. The van der Waals surface area contributed by atoms with Gasteiger partial charge in [0.1, 0.15) is 16.5 Å². The fourth-order valence-corrected chi connectivity index (χ4v) is 3.87. The van der Waals surface area contributed by atoms with Crippen LogP contribution in [-0.4, -0.2) is 25.1 Å². The van der Waals surface area contributed by atoms with Crippen LogP contribution in [0.25, 0.3) is 5.65 Å². The van der Waals surface area contributed by atoms with Gasteiger partial charge in [-0.05, 0) is 24.3 Å². The number of fused-ring (bicyclic) bond motifs is 1. The second-order valence-electron chi connectivity index (χ2n) is 6.98. The summed E-state index contributed by atoms with van der Waals surface area (Å²) in [5.41, 5.74) is 6.47. The molecule has 3 heterocycles. The first-order valence-corrected chi connectivity index (χ1v) is 10.0. The van der Waals surface area contributed by atoms with E-state index in [-0.39, 0.29) is 23.8 Å². The molecule has 0 bridgehead atoms. The van der Waals surface area contributed by atoms with Crippen molar-refractivity contribution >= 4 is 39.3 Å². The number of ketones is 1. The molecule has 0 spiro atoms. The number of rotatable bonds is 6. The van der Waals surface area contributed by atoms with Gasteiger partial charge < -0.3 is 11.1 Å². The average Bonchev–Trinajstić information content (AvgIpc) is 3.34. The van der Waals surface area contributed by atoms with E-state index in [1.165, 1.54) is 35.9 Å². The van der Waals surface area contributed by atoms with Gasteiger partial charge in [0.15, 0.2) is 11.4 Å². The number of nitrogen functional groups attached to an aromatic ring is 1. The number of carbonyl (C=O) groups is 1. The standard InChI is InChI=1S/C20H17F3N6OS/c1-11(6-15(30)14-10-29-16(24)7-26-17(29)8-25-14)19-27-9-18(31-19)28-13-4-2-12(3-5-13)20(21,22)23/h2-5,7-11,28H,6,24H2,1H3. The lowest BCUT2D eigenvalue weighted by Crippen LogP contribution is -2.08. The van der Waals surface area contributed by atoms with Gasteiger partial charge in [-0.1, -0.05) is 6.92 Å². The molecule has 0 saturated carbocycles. The van der Waals surface area contributed by atoms with E-state index in [2.05, 4.69) is 20.3 Å². The molecule has 3 N–H and O–H groups in total. The SMILES string of the molecule is CC(CC(=O)c1cn2c(N)cnc2cn1)c1ncc(Nc2ccc(C(F)(F)F)cc2)s1. The van der Waals surface area contributed by atoms with Crippen LogP contribution in [0.5, 0.6) is 0 Å². The van der Waals surface area contributed by atoms with Crippen molar-refractivity contribution in [3.05, 3.63) is 65.3 Å². The largest absolute Gasteiger partial charge is 0.416 e. The van der Waals surface area contributed by atoms with Crippen molar-refractivity contribution in [1.82, 2.24) is 19.4 Å². The second-order valence-corrected chi connectivity index (χ2v) is 8.04. The van der Waals surface area contributed by atoms with E-state index in [1.54, 1.807) is 16.8 Å². The maximum atomic E-state index is 12.7. The highest BCUT2D eigenvalue weighted by atomic mass is 32.1. The molecular weight excluding hydrogens is 429 g/mol. The molecule has 160 valence electrons. The zero-order chi connectivity index (χ0) is 22.2. The molecule has 1 atom stereocenters. The summed E-state index contributed by atoms with van der Waals surface area (Å²) >= 11 is 1.34. The molecule has 0 aliphatic rings. The minimum Gasteiger partial charge on any atom is -0.383 e. The number of nitrogens with zero attached hydrogens (tertiary/aromatic N) is 4. The van der Waals surface area contributed by atoms with E-state index >= 15 is 0 Å². The number of carbonyl (C=O) groups excluding carboxylic acids is 1. The number of nitrogens with one attached hydrogen (secondary N) is 1. The van der Waals surface area contributed by atoms with Crippen LogP contribution in [0, 0.1) is 0 Å². The van der Waals surface area contributed by atoms with Crippen LogP contribution in [0.3, 0.4) is 0 Å². The van der Waals surface area contributed by atoms with Crippen LogP contribution in [0.15, 0.2) is 49.1 Å². The summed E-state index contributed by atoms with van der Waals surface area (Å²) in [7, 11) is 0. The van der Waals surface area contributed by atoms with Gasteiger partial charge >= 0.3 is 6.18 Å².